The van der Waals surface area contributed by atoms with Gasteiger partial charge in [0.15, 0.2) is 17.2 Å². The van der Waals surface area contributed by atoms with Crippen LogP contribution in [0.4, 0.5) is 5.69 Å². The number of rotatable bonds is 6. The molecule has 2 amide bonds. The van der Waals surface area contributed by atoms with Gasteiger partial charge < -0.3 is 20.1 Å². The number of anilines is 1. The summed E-state index contributed by atoms with van der Waals surface area (Å²) in [7, 11) is 4.47. The lowest BCUT2D eigenvalue weighted by Crippen LogP contribution is -2.33. The maximum absolute atomic E-state index is 12.7. The molecule has 0 aliphatic rings. The molecule has 0 saturated carbocycles. The molecule has 29 heavy (non-hydrogen) atoms. The molecule has 0 aliphatic carbocycles. The molecule has 1 heterocycles. The summed E-state index contributed by atoms with van der Waals surface area (Å²) in [5.41, 5.74) is 0.0744. The topological polar surface area (TPSA) is 112 Å². The predicted molar refractivity (Wildman–Crippen MR) is 108 cm³/mol. The lowest BCUT2D eigenvalue weighted by atomic mass is 10.1. The number of carbonyl (C=O) groups excluding carboxylic acids is 2. The molecule has 150 valence electrons. The van der Waals surface area contributed by atoms with Crippen LogP contribution in [0.25, 0.3) is 10.8 Å². The third-order valence-corrected chi connectivity index (χ3v) is 4.27. The minimum atomic E-state index is -0.482. The van der Waals surface area contributed by atoms with Gasteiger partial charge in [-0.2, -0.15) is 5.10 Å². The van der Waals surface area contributed by atoms with Crippen molar-refractivity contribution in [3.8, 4) is 11.5 Å². The van der Waals surface area contributed by atoms with Crippen molar-refractivity contribution in [3.05, 3.63) is 58.5 Å². The molecule has 9 heteroatoms. The van der Waals surface area contributed by atoms with Crippen LogP contribution in [0, 0.1) is 0 Å². The van der Waals surface area contributed by atoms with Crippen molar-refractivity contribution in [1.82, 2.24) is 15.1 Å². The van der Waals surface area contributed by atoms with E-state index < -0.39 is 17.4 Å². The van der Waals surface area contributed by atoms with Gasteiger partial charge in [-0.1, -0.05) is 18.2 Å². The molecule has 0 bridgehead atoms. The maximum Gasteiger partial charge on any atom is 0.275 e. The van der Waals surface area contributed by atoms with Gasteiger partial charge in [0.25, 0.3) is 11.5 Å². The van der Waals surface area contributed by atoms with Crippen molar-refractivity contribution >= 4 is 28.3 Å². The van der Waals surface area contributed by atoms with E-state index in [1.807, 2.05) is 0 Å². The van der Waals surface area contributed by atoms with E-state index in [4.69, 9.17) is 9.47 Å². The van der Waals surface area contributed by atoms with Crippen molar-refractivity contribution in [1.29, 1.82) is 0 Å². The van der Waals surface area contributed by atoms with E-state index in [1.165, 1.54) is 21.3 Å². The molecule has 3 rings (SSSR count). The maximum atomic E-state index is 12.7. The third kappa shape index (κ3) is 4.03. The molecule has 0 atom stereocenters. The standard InChI is InChI=1S/C20H20N4O5/c1-21-19(26)18-13-6-4-5-7-14(13)20(27)24(23-18)11-17(25)22-12-8-9-15(28-2)16(10-12)29-3/h4-10H,11H2,1-3H3,(H,21,26)(H,22,25). The first-order chi connectivity index (χ1) is 14.0. The van der Waals surface area contributed by atoms with Crippen molar-refractivity contribution in [2.45, 2.75) is 6.54 Å². The minimum absolute atomic E-state index is 0.0709. The second-order valence-corrected chi connectivity index (χ2v) is 6.05. The van der Waals surface area contributed by atoms with Crippen LogP contribution < -0.4 is 25.7 Å². The number of aromatic nitrogens is 2. The molecular weight excluding hydrogens is 376 g/mol. The number of hydrogen-bond donors (Lipinski definition) is 2. The molecule has 0 radical (unpaired) electrons. The van der Waals surface area contributed by atoms with Crippen LogP contribution in [0.5, 0.6) is 11.5 Å². The van der Waals surface area contributed by atoms with Crippen molar-refractivity contribution in [2.75, 3.05) is 26.6 Å². The summed E-state index contributed by atoms with van der Waals surface area (Å²) in [6.07, 6.45) is 0. The average molecular weight is 396 g/mol. The summed E-state index contributed by atoms with van der Waals surface area (Å²) < 4.78 is 11.3. The van der Waals surface area contributed by atoms with Gasteiger partial charge in [-0.05, 0) is 18.2 Å². The largest absolute Gasteiger partial charge is 0.493 e. The van der Waals surface area contributed by atoms with Crippen molar-refractivity contribution < 1.29 is 19.1 Å². The zero-order valence-electron chi connectivity index (χ0n) is 16.2. The first-order valence-electron chi connectivity index (χ1n) is 8.72. The Morgan fingerprint density at radius 2 is 1.72 bits per heavy atom. The Morgan fingerprint density at radius 1 is 1.03 bits per heavy atom. The Kier molecular flexibility index (Phi) is 5.77. The minimum Gasteiger partial charge on any atom is -0.493 e. The molecule has 0 spiro atoms. The van der Waals surface area contributed by atoms with Gasteiger partial charge in [0.2, 0.25) is 5.91 Å². The Morgan fingerprint density at radius 3 is 2.38 bits per heavy atom. The van der Waals surface area contributed by atoms with E-state index in [2.05, 4.69) is 15.7 Å². The van der Waals surface area contributed by atoms with Crippen LogP contribution in [0.3, 0.4) is 0 Å². The van der Waals surface area contributed by atoms with Crippen LogP contribution in [0.15, 0.2) is 47.3 Å². The van der Waals surface area contributed by atoms with Gasteiger partial charge in [0.1, 0.15) is 6.54 Å². The Balaban J connectivity index is 1.92. The van der Waals surface area contributed by atoms with Gasteiger partial charge >= 0.3 is 0 Å². The summed E-state index contributed by atoms with van der Waals surface area (Å²) >= 11 is 0. The van der Waals surface area contributed by atoms with E-state index in [1.54, 1.807) is 42.5 Å². The molecule has 0 fully saturated rings. The zero-order valence-corrected chi connectivity index (χ0v) is 16.2. The molecule has 2 N–H and O–H groups in total. The lowest BCUT2D eigenvalue weighted by molar-refractivity contribution is -0.117. The molecular formula is C20H20N4O5. The molecule has 1 aromatic heterocycles. The smallest absolute Gasteiger partial charge is 0.275 e. The normalized spacial score (nSPS) is 10.4. The fraction of sp³-hybridized carbons (Fsp3) is 0.200. The number of nitrogens with zero attached hydrogens (tertiary/aromatic N) is 2. The zero-order chi connectivity index (χ0) is 21.0. The van der Waals surface area contributed by atoms with E-state index >= 15 is 0 Å². The summed E-state index contributed by atoms with van der Waals surface area (Å²) in [6.45, 7) is -0.359. The van der Waals surface area contributed by atoms with E-state index in [9.17, 15) is 14.4 Å². The number of carbonyl (C=O) groups is 2. The summed E-state index contributed by atoms with van der Waals surface area (Å²) in [5.74, 6) is 0.0431. The van der Waals surface area contributed by atoms with Crippen LogP contribution in [-0.4, -0.2) is 42.9 Å². The van der Waals surface area contributed by atoms with Gasteiger partial charge in [-0.25, -0.2) is 4.68 Å². The SMILES string of the molecule is CNC(=O)c1nn(CC(=O)Nc2ccc(OC)c(OC)c2)c(=O)c2ccccc12. The van der Waals surface area contributed by atoms with Crippen LogP contribution in [-0.2, 0) is 11.3 Å². The van der Waals surface area contributed by atoms with Crippen molar-refractivity contribution in [2.24, 2.45) is 0 Å². The highest BCUT2D eigenvalue weighted by molar-refractivity contribution is 6.04. The van der Waals surface area contributed by atoms with Crippen LogP contribution >= 0.6 is 0 Å². The second-order valence-electron chi connectivity index (χ2n) is 6.05. The van der Waals surface area contributed by atoms with Gasteiger partial charge in [0, 0.05) is 24.2 Å². The number of amides is 2. The lowest BCUT2D eigenvalue weighted by Gasteiger charge is -2.12. The van der Waals surface area contributed by atoms with E-state index in [-0.39, 0.29) is 12.2 Å². The molecule has 0 saturated heterocycles. The predicted octanol–water partition coefficient (Wildman–Crippen LogP) is 1.41. The number of benzene rings is 2. The second kappa shape index (κ2) is 8.42. The Labute approximate surface area is 166 Å². The fourth-order valence-corrected chi connectivity index (χ4v) is 2.88. The summed E-state index contributed by atoms with van der Waals surface area (Å²) in [6, 6.07) is 11.5. The number of hydrogen-bond acceptors (Lipinski definition) is 6. The summed E-state index contributed by atoms with van der Waals surface area (Å²) in [4.78, 5) is 37.4. The Hall–Kier alpha value is -3.88. The molecule has 2 aromatic carbocycles. The summed E-state index contributed by atoms with van der Waals surface area (Å²) in [5, 5.41) is 10.0. The van der Waals surface area contributed by atoms with Gasteiger partial charge in [0.05, 0.1) is 19.6 Å². The quantitative estimate of drug-likeness (QED) is 0.652. The third-order valence-electron chi connectivity index (χ3n) is 4.27. The number of fused-ring (bicyclic) bond motifs is 1. The first kappa shape index (κ1) is 19.9. The first-order valence-corrected chi connectivity index (χ1v) is 8.72. The molecule has 0 unspecified atom stereocenters. The number of nitrogens with one attached hydrogen (secondary N) is 2. The Bertz CT molecular complexity index is 1140. The van der Waals surface area contributed by atoms with Crippen molar-refractivity contribution in [3.63, 3.8) is 0 Å². The highest BCUT2D eigenvalue weighted by Gasteiger charge is 2.17. The monoisotopic (exact) mass is 396 g/mol. The number of methoxy groups -OCH3 is 2. The van der Waals surface area contributed by atoms with E-state index in [0.29, 0.717) is 28.0 Å². The molecule has 0 aliphatic heterocycles. The highest BCUT2D eigenvalue weighted by Crippen LogP contribution is 2.29. The molecule has 9 nitrogen and oxygen atoms in total. The van der Waals surface area contributed by atoms with Gasteiger partial charge in [-0.15, -0.1) is 0 Å². The number of ether oxygens (including phenoxy) is 2. The van der Waals surface area contributed by atoms with Gasteiger partial charge in [-0.3, -0.25) is 14.4 Å². The van der Waals surface area contributed by atoms with Crippen LogP contribution in [0.1, 0.15) is 10.5 Å². The van der Waals surface area contributed by atoms with Crippen LogP contribution in [0.2, 0.25) is 0 Å². The average Bonchev–Trinajstić information content (AvgIpc) is 2.75. The molecule has 3 aromatic rings. The fourth-order valence-electron chi connectivity index (χ4n) is 2.88. The van der Waals surface area contributed by atoms with E-state index in [0.717, 1.165) is 4.68 Å². The highest BCUT2D eigenvalue weighted by atomic mass is 16.5.